The number of nitrogens with zero attached hydrogens (tertiary/aromatic N) is 3. The number of amides is 2. The molecule has 0 bridgehead atoms. The Balaban J connectivity index is 2.16. The van der Waals surface area contributed by atoms with Crippen molar-refractivity contribution >= 4 is 29.0 Å². The van der Waals surface area contributed by atoms with Crippen LogP contribution in [0.2, 0.25) is 0 Å². The van der Waals surface area contributed by atoms with Crippen molar-refractivity contribution in [3.05, 3.63) is 71.2 Å². The summed E-state index contributed by atoms with van der Waals surface area (Å²) in [7, 11) is 1.56. The fraction of sp³-hybridized carbons (Fsp3) is 0.304. The minimum absolute atomic E-state index is 0.185. The Morgan fingerprint density at radius 1 is 1.16 bits per heavy atom. The summed E-state index contributed by atoms with van der Waals surface area (Å²) in [5.41, 5.74) is 0.952. The largest absolute Gasteiger partial charge is 0.497 e. The molecular weight excluding hydrogens is 412 g/mol. The molecule has 0 fully saturated rings. The van der Waals surface area contributed by atoms with Gasteiger partial charge in [-0.05, 0) is 61.6 Å². The number of anilines is 1. The zero-order valence-electron chi connectivity index (χ0n) is 18.0. The van der Waals surface area contributed by atoms with Gasteiger partial charge in [-0.25, -0.2) is 0 Å². The van der Waals surface area contributed by atoms with Gasteiger partial charge in [-0.3, -0.25) is 14.5 Å². The third kappa shape index (κ3) is 5.27. The SMILES string of the molecule is CCC(C)(C)NC(=O)[C@H](c1cccc(OC)c1)N(C(=O)c1csnn1)c1ccccc1. The van der Waals surface area contributed by atoms with Crippen LogP contribution in [0, 0.1) is 0 Å². The average molecular weight is 439 g/mol. The molecule has 31 heavy (non-hydrogen) atoms. The van der Waals surface area contributed by atoms with Crippen LogP contribution in [0.5, 0.6) is 5.75 Å². The molecule has 162 valence electrons. The van der Waals surface area contributed by atoms with E-state index < -0.39 is 17.5 Å². The first kappa shape index (κ1) is 22.4. The number of benzene rings is 2. The highest BCUT2D eigenvalue weighted by Crippen LogP contribution is 2.31. The van der Waals surface area contributed by atoms with E-state index in [2.05, 4.69) is 14.9 Å². The van der Waals surface area contributed by atoms with Crippen LogP contribution in [-0.4, -0.2) is 34.1 Å². The van der Waals surface area contributed by atoms with Crippen LogP contribution >= 0.6 is 11.5 Å². The molecule has 3 aromatic rings. The summed E-state index contributed by atoms with van der Waals surface area (Å²) in [5.74, 6) is -0.0986. The van der Waals surface area contributed by atoms with Gasteiger partial charge >= 0.3 is 0 Å². The number of nitrogens with one attached hydrogen (secondary N) is 1. The molecule has 0 radical (unpaired) electrons. The fourth-order valence-electron chi connectivity index (χ4n) is 3.07. The van der Waals surface area contributed by atoms with Gasteiger partial charge in [-0.1, -0.05) is 41.7 Å². The van der Waals surface area contributed by atoms with Gasteiger partial charge in [-0.2, -0.15) is 0 Å². The van der Waals surface area contributed by atoms with E-state index >= 15 is 0 Å². The van der Waals surface area contributed by atoms with Crippen molar-refractivity contribution in [2.24, 2.45) is 0 Å². The van der Waals surface area contributed by atoms with E-state index in [-0.39, 0.29) is 11.6 Å². The summed E-state index contributed by atoms with van der Waals surface area (Å²) in [5, 5.41) is 8.61. The van der Waals surface area contributed by atoms with Crippen LogP contribution in [0.3, 0.4) is 0 Å². The van der Waals surface area contributed by atoms with Crippen molar-refractivity contribution in [3.63, 3.8) is 0 Å². The molecule has 2 amide bonds. The molecule has 0 aliphatic carbocycles. The van der Waals surface area contributed by atoms with Gasteiger partial charge in [-0.15, -0.1) is 5.10 Å². The van der Waals surface area contributed by atoms with Crippen molar-refractivity contribution in [1.82, 2.24) is 14.9 Å². The Labute approximate surface area is 186 Å². The summed E-state index contributed by atoms with van der Waals surface area (Å²) >= 11 is 1.09. The molecule has 7 nitrogen and oxygen atoms in total. The van der Waals surface area contributed by atoms with Crippen molar-refractivity contribution in [3.8, 4) is 5.75 Å². The molecule has 1 N–H and O–H groups in total. The van der Waals surface area contributed by atoms with Gasteiger partial charge in [0.2, 0.25) is 5.91 Å². The number of carbonyl (C=O) groups excluding carboxylic acids is 2. The maximum atomic E-state index is 13.6. The number of rotatable bonds is 8. The third-order valence-electron chi connectivity index (χ3n) is 5.09. The normalized spacial score (nSPS) is 12.1. The van der Waals surface area contributed by atoms with Gasteiger partial charge in [0, 0.05) is 16.6 Å². The lowest BCUT2D eigenvalue weighted by Gasteiger charge is -2.34. The molecule has 2 aromatic carbocycles. The zero-order chi connectivity index (χ0) is 22.4. The standard InChI is InChI=1S/C23H26N4O3S/c1-5-23(2,3)24-21(28)20(16-10-9-13-18(14-16)30-4)27(17-11-7-6-8-12-17)22(29)19-15-31-26-25-19/h6-15,20H,5H2,1-4H3,(H,24,28)/t20-/m0/s1. The molecular formula is C23H26N4O3S. The summed E-state index contributed by atoms with van der Waals surface area (Å²) in [6.07, 6.45) is 0.735. The zero-order valence-corrected chi connectivity index (χ0v) is 18.8. The number of aromatic nitrogens is 2. The molecule has 1 aromatic heterocycles. The maximum Gasteiger partial charge on any atom is 0.280 e. The van der Waals surface area contributed by atoms with Gasteiger partial charge in [0.05, 0.1) is 7.11 Å². The van der Waals surface area contributed by atoms with Crippen molar-refractivity contribution < 1.29 is 14.3 Å². The van der Waals surface area contributed by atoms with Crippen LogP contribution in [0.4, 0.5) is 5.69 Å². The van der Waals surface area contributed by atoms with Gasteiger partial charge in [0.1, 0.15) is 11.8 Å². The lowest BCUT2D eigenvalue weighted by molar-refractivity contribution is -0.124. The predicted molar refractivity (Wildman–Crippen MR) is 121 cm³/mol. The number of methoxy groups -OCH3 is 1. The Kier molecular flexibility index (Phi) is 7.02. The van der Waals surface area contributed by atoms with E-state index in [0.29, 0.717) is 17.0 Å². The summed E-state index contributed by atoms with van der Waals surface area (Å²) in [6, 6.07) is 15.4. The number of hydrogen-bond acceptors (Lipinski definition) is 6. The molecule has 1 heterocycles. The molecule has 3 rings (SSSR count). The number of para-hydroxylation sites is 1. The summed E-state index contributed by atoms with van der Waals surface area (Å²) in [4.78, 5) is 28.6. The van der Waals surface area contributed by atoms with E-state index in [1.807, 2.05) is 45.0 Å². The maximum absolute atomic E-state index is 13.6. The van der Waals surface area contributed by atoms with E-state index in [1.54, 1.807) is 42.8 Å². The third-order valence-corrected chi connectivity index (χ3v) is 5.60. The number of ether oxygens (including phenoxy) is 1. The molecule has 0 aliphatic rings. The second-order valence-electron chi connectivity index (χ2n) is 7.71. The van der Waals surface area contributed by atoms with Crippen molar-refractivity contribution in [2.75, 3.05) is 12.0 Å². The molecule has 1 atom stereocenters. The Bertz CT molecular complexity index is 1020. The lowest BCUT2D eigenvalue weighted by atomic mass is 9.98. The molecule has 0 aliphatic heterocycles. The Hall–Kier alpha value is -3.26. The van der Waals surface area contributed by atoms with Crippen LogP contribution < -0.4 is 15.0 Å². The first-order chi connectivity index (χ1) is 14.9. The van der Waals surface area contributed by atoms with E-state index in [0.717, 1.165) is 18.0 Å². The lowest BCUT2D eigenvalue weighted by Crippen LogP contribution is -2.50. The molecule has 0 saturated carbocycles. The second kappa shape index (κ2) is 9.70. The fourth-order valence-corrected chi connectivity index (χ4v) is 3.50. The van der Waals surface area contributed by atoms with Crippen LogP contribution in [0.15, 0.2) is 60.0 Å². The van der Waals surface area contributed by atoms with Gasteiger partial charge in [0.15, 0.2) is 5.69 Å². The Morgan fingerprint density at radius 3 is 2.52 bits per heavy atom. The van der Waals surface area contributed by atoms with Gasteiger partial charge in [0.25, 0.3) is 5.91 Å². The molecule has 0 saturated heterocycles. The van der Waals surface area contributed by atoms with E-state index in [1.165, 1.54) is 4.90 Å². The minimum atomic E-state index is -0.933. The second-order valence-corrected chi connectivity index (χ2v) is 8.32. The molecule has 8 heteroatoms. The van der Waals surface area contributed by atoms with Crippen LogP contribution in [-0.2, 0) is 4.79 Å². The molecule has 0 unspecified atom stereocenters. The molecule has 0 spiro atoms. The highest BCUT2D eigenvalue weighted by atomic mass is 32.1. The van der Waals surface area contributed by atoms with Gasteiger partial charge < -0.3 is 10.1 Å². The van der Waals surface area contributed by atoms with E-state index in [9.17, 15) is 9.59 Å². The average Bonchev–Trinajstić information content (AvgIpc) is 3.32. The first-order valence-corrected chi connectivity index (χ1v) is 10.8. The van der Waals surface area contributed by atoms with Crippen molar-refractivity contribution in [1.29, 1.82) is 0 Å². The Morgan fingerprint density at radius 2 is 1.90 bits per heavy atom. The minimum Gasteiger partial charge on any atom is -0.497 e. The quantitative estimate of drug-likeness (QED) is 0.569. The summed E-state index contributed by atoms with van der Waals surface area (Å²) < 4.78 is 9.19. The van der Waals surface area contributed by atoms with E-state index in [4.69, 9.17) is 4.74 Å². The predicted octanol–water partition coefficient (Wildman–Crippen LogP) is 4.24. The van der Waals surface area contributed by atoms with Crippen molar-refractivity contribution in [2.45, 2.75) is 38.8 Å². The first-order valence-electron chi connectivity index (χ1n) is 9.98. The van der Waals surface area contributed by atoms with Crippen LogP contribution in [0.25, 0.3) is 0 Å². The highest BCUT2D eigenvalue weighted by molar-refractivity contribution is 7.03. The topological polar surface area (TPSA) is 84.4 Å². The highest BCUT2D eigenvalue weighted by Gasteiger charge is 2.36. The monoisotopic (exact) mass is 438 g/mol. The number of carbonyl (C=O) groups is 2. The summed E-state index contributed by atoms with van der Waals surface area (Å²) in [6.45, 7) is 5.90. The number of hydrogen-bond donors (Lipinski definition) is 1. The smallest absolute Gasteiger partial charge is 0.280 e. The van der Waals surface area contributed by atoms with Crippen LogP contribution in [0.1, 0.15) is 49.3 Å².